The Kier molecular flexibility index (Phi) is 4.58. The van der Waals surface area contributed by atoms with Gasteiger partial charge < -0.3 is 14.5 Å². The molecule has 0 spiro atoms. The number of halogens is 1. The van der Waals surface area contributed by atoms with Crippen LogP contribution in [0.5, 0.6) is 17.2 Å². The van der Waals surface area contributed by atoms with Crippen molar-refractivity contribution in [2.75, 3.05) is 6.61 Å². The lowest BCUT2D eigenvalue weighted by molar-refractivity contribution is 0.317. The topological polar surface area (TPSA) is 70.9 Å². The van der Waals surface area contributed by atoms with Gasteiger partial charge >= 0.3 is 0 Å². The molecule has 4 rings (SSSR count). The van der Waals surface area contributed by atoms with Crippen LogP contribution in [0.4, 0.5) is 4.39 Å². The summed E-state index contributed by atoms with van der Waals surface area (Å²) < 4.78 is 26.4. The number of rotatable bonds is 5. The van der Waals surface area contributed by atoms with E-state index in [1.165, 1.54) is 0 Å². The molecule has 0 fully saturated rings. The molecule has 2 aromatic carbocycles. The van der Waals surface area contributed by atoms with Gasteiger partial charge in [0, 0.05) is 34.2 Å². The van der Waals surface area contributed by atoms with Crippen LogP contribution in [-0.2, 0) is 0 Å². The molecule has 0 unspecified atom stereocenters. The lowest BCUT2D eigenvalue weighted by Gasteiger charge is -2.12. The first-order valence-corrected chi connectivity index (χ1v) is 9.02. The highest BCUT2D eigenvalue weighted by Gasteiger charge is 2.15. The fourth-order valence-corrected chi connectivity index (χ4v) is 3.14. The third kappa shape index (κ3) is 3.12. The number of ether oxygens (including phenoxy) is 2. The summed E-state index contributed by atoms with van der Waals surface area (Å²) in [6, 6.07) is 12.3. The minimum Gasteiger partial charge on any atom is -0.492 e. The van der Waals surface area contributed by atoms with Gasteiger partial charge in [-0.3, -0.25) is 4.98 Å². The van der Waals surface area contributed by atoms with Crippen LogP contribution in [0.15, 0.2) is 42.6 Å². The highest BCUT2D eigenvalue weighted by Crippen LogP contribution is 2.35. The van der Waals surface area contributed by atoms with Gasteiger partial charge in [-0.05, 0) is 43.7 Å². The Labute approximate surface area is 161 Å². The molecule has 0 aliphatic heterocycles. The molecule has 2 aromatic heterocycles. The summed E-state index contributed by atoms with van der Waals surface area (Å²) in [5.74, 6) is 0.588. The molecule has 5 nitrogen and oxygen atoms in total. The first-order chi connectivity index (χ1) is 13.6. The number of hydrogen-bond donors (Lipinski definition) is 1. The second kappa shape index (κ2) is 7.20. The SMILES string of the molecule is CCCOc1cc2nccc(Oc3ccc4[nH]c(C)cc4c3F)c2cc1C#N. The van der Waals surface area contributed by atoms with Crippen LogP contribution in [0, 0.1) is 24.1 Å². The van der Waals surface area contributed by atoms with Gasteiger partial charge in [0.25, 0.3) is 0 Å². The predicted octanol–water partition coefficient (Wildman–Crippen LogP) is 5.62. The maximum atomic E-state index is 14.9. The molecule has 6 heteroatoms. The average molecular weight is 375 g/mol. The fraction of sp³-hybridized carbons (Fsp3) is 0.182. The number of H-pyrrole nitrogens is 1. The summed E-state index contributed by atoms with van der Waals surface area (Å²) in [5.41, 5.74) is 2.59. The third-order valence-corrected chi connectivity index (χ3v) is 4.44. The Bertz CT molecular complexity index is 1220. The molecular weight excluding hydrogens is 357 g/mol. The molecule has 1 N–H and O–H groups in total. The summed E-state index contributed by atoms with van der Waals surface area (Å²) in [6.07, 6.45) is 2.42. The molecule has 0 saturated carbocycles. The molecule has 0 atom stereocenters. The van der Waals surface area contributed by atoms with Gasteiger partial charge in [0.1, 0.15) is 17.6 Å². The molecule has 0 radical (unpaired) electrons. The van der Waals surface area contributed by atoms with E-state index in [9.17, 15) is 9.65 Å². The van der Waals surface area contributed by atoms with Crippen molar-refractivity contribution in [2.45, 2.75) is 20.3 Å². The van der Waals surface area contributed by atoms with Crippen LogP contribution < -0.4 is 9.47 Å². The minimum atomic E-state index is -0.435. The molecular formula is C22H18FN3O2. The van der Waals surface area contributed by atoms with Gasteiger partial charge in [0.05, 0.1) is 17.7 Å². The number of aromatic amines is 1. The van der Waals surface area contributed by atoms with Crippen LogP contribution >= 0.6 is 0 Å². The van der Waals surface area contributed by atoms with Gasteiger partial charge in [0.2, 0.25) is 0 Å². The van der Waals surface area contributed by atoms with Gasteiger partial charge in [-0.1, -0.05) is 6.92 Å². The number of aromatic nitrogens is 2. The lowest BCUT2D eigenvalue weighted by Crippen LogP contribution is -1.98. The molecule has 0 aliphatic rings. The first-order valence-electron chi connectivity index (χ1n) is 9.02. The molecule has 0 aliphatic carbocycles. The van der Waals surface area contributed by atoms with Crippen LogP contribution in [0.25, 0.3) is 21.8 Å². The van der Waals surface area contributed by atoms with E-state index in [4.69, 9.17) is 9.47 Å². The van der Waals surface area contributed by atoms with E-state index in [0.29, 0.717) is 45.5 Å². The zero-order chi connectivity index (χ0) is 19.7. The summed E-state index contributed by atoms with van der Waals surface area (Å²) in [7, 11) is 0. The summed E-state index contributed by atoms with van der Waals surface area (Å²) in [4.78, 5) is 7.44. The number of nitrogens with one attached hydrogen (secondary N) is 1. The van der Waals surface area contributed by atoms with E-state index < -0.39 is 5.82 Å². The number of nitrogens with zero attached hydrogens (tertiary/aromatic N) is 2. The molecule has 2 heterocycles. The largest absolute Gasteiger partial charge is 0.492 e. The molecule has 0 saturated heterocycles. The Morgan fingerprint density at radius 1 is 1.11 bits per heavy atom. The number of hydrogen-bond acceptors (Lipinski definition) is 4. The molecule has 0 bridgehead atoms. The zero-order valence-electron chi connectivity index (χ0n) is 15.5. The summed E-state index contributed by atoms with van der Waals surface area (Å²) in [6.45, 7) is 4.38. The van der Waals surface area contributed by atoms with E-state index in [-0.39, 0.29) is 5.75 Å². The number of pyridine rings is 1. The standard InChI is InChI=1S/C22H18FN3O2/c1-3-8-27-21-11-18-15(10-14(21)12-24)19(6-7-25-18)28-20-5-4-17-16(22(20)23)9-13(2)26-17/h4-7,9-11,26H,3,8H2,1-2H3. The van der Waals surface area contributed by atoms with Crippen molar-refractivity contribution in [2.24, 2.45) is 0 Å². The molecule has 4 aromatic rings. The Hall–Kier alpha value is -3.59. The van der Waals surface area contributed by atoms with Crippen molar-refractivity contribution in [3.8, 4) is 23.3 Å². The van der Waals surface area contributed by atoms with Crippen molar-refractivity contribution < 1.29 is 13.9 Å². The Balaban J connectivity index is 1.79. The van der Waals surface area contributed by atoms with E-state index in [1.54, 1.807) is 42.6 Å². The lowest BCUT2D eigenvalue weighted by atomic mass is 10.1. The van der Waals surface area contributed by atoms with Crippen molar-refractivity contribution in [1.29, 1.82) is 5.26 Å². The van der Waals surface area contributed by atoms with Crippen molar-refractivity contribution in [3.63, 3.8) is 0 Å². The number of aryl methyl sites for hydroxylation is 1. The van der Waals surface area contributed by atoms with Gasteiger partial charge in [-0.25, -0.2) is 4.39 Å². The van der Waals surface area contributed by atoms with Crippen LogP contribution in [0.3, 0.4) is 0 Å². The second-order valence-corrected chi connectivity index (χ2v) is 6.53. The van der Waals surface area contributed by atoms with Crippen molar-refractivity contribution in [1.82, 2.24) is 9.97 Å². The number of nitriles is 1. The first kappa shape index (κ1) is 17.8. The summed E-state index contributed by atoms with van der Waals surface area (Å²) in [5, 5.41) is 10.6. The van der Waals surface area contributed by atoms with Crippen molar-refractivity contribution in [3.05, 3.63) is 59.7 Å². The maximum absolute atomic E-state index is 14.9. The highest BCUT2D eigenvalue weighted by molar-refractivity contribution is 5.88. The molecule has 0 amide bonds. The fourth-order valence-electron chi connectivity index (χ4n) is 3.14. The monoisotopic (exact) mass is 375 g/mol. The van der Waals surface area contributed by atoms with Crippen LogP contribution in [0.2, 0.25) is 0 Å². The predicted molar refractivity (Wildman–Crippen MR) is 105 cm³/mol. The van der Waals surface area contributed by atoms with Crippen molar-refractivity contribution >= 4 is 21.8 Å². The Morgan fingerprint density at radius 3 is 2.75 bits per heavy atom. The van der Waals surface area contributed by atoms with E-state index >= 15 is 0 Å². The van der Waals surface area contributed by atoms with Gasteiger partial charge in [0.15, 0.2) is 11.6 Å². The van der Waals surface area contributed by atoms with Crippen LogP contribution in [0.1, 0.15) is 24.6 Å². The smallest absolute Gasteiger partial charge is 0.175 e. The number of fused-ring (bicyclic) bond motifs is 2. The number of benzene rings is 2. The second-order valence-electron chi connectivity index (χ2n) is 6.53. The average Bonchev–Trinajstić information content (AvgIpc) is 3.09. The summed E-state index contributed by atoms with van der Waals surface area (Å²) >= 11 is 0. The molecule has 28 heavy (non-hydrogen) atoms. The maximum Gasteiger partial charge on any atom is 0.175 e. The highest BCUT2D eigenvalue weighted by atomic mass is 19.1. The normalized spacial score (nSPS) is 10.9. The Morgan fingerprint density at radius 2 is 1.96 bits per heavy atom. The van der Waals surface area contributed by atoms with Gasteiger partial charge in [-0.15, -0.1) is 0 Å². The third-order valence-electron chi connectivity index (χ3n) is 4.44. The minimum absolute atomic E-state index is 0.115. The quantitative estimate of drug-likeness (QED) is 0.492. The zero-order valence-corrected chi connectivity index (χ0v) is 15.5. The van der Waals surface area contributed by atoms with Crippen LogP contribution in [-0.4, -0.2) is 16.6 Å². The van der Waals surface area contributed by atoms with E-state index in [0.717, 1.165) is 12.1 Å². The van der Waals surface area contributed by atoms with Gasteiger partial charge in [-0.2, -0.15) is 5.26 Å². The van der Waals surface area contributed by atoms with E-state index in [1.807, 2.05) is 13.8 Å². The molecule has 140 valence electrons. The van der Waals surface area contributed by atoms with E-state index in [2.05, 4.69) is 16.0 Å².